The van der Waals surface area contributed by atoms with Gasteiger partial charge < -0.3 is 14.1 Å². The highest BCUT2D eigenvalue weighted by atomic mass is 32.2. The van der Waals surface area contributed by atoms with Gasteiger partial charge in [-0.25, -0.2) is 4.39 Å². The minimum Gasteiger partial charge on any atom is -0.494 e. The van der Waals surface area contributed by atoms with E-state index in [1.807, 2.05) is 17.6 Å². The lowest BCUT2D eigenvalue weighted by Gasteiger charge is -2.17. The predicted molar refractivity (Wildman–Crippen MR) is 113 cm³/mol. The van der Waals surface area contributed by atoms with Gasteiger partial charge in [-0.3, -0.25) is 9.36 Å². The standard InChI is InChI=1S/C21H23FN4O3S/c1-5-9-26-20(16-8-10-29-14(16)2)23-24-21(26)30-13-19(27)25(3)12-15-6-7-18(28-4)17(22)11-15/h5-8,10-11H,1,9,12-13H2,2-4H3. The number of nitrogens with zero attached hydrogens (tertiary/aromatic N) is 4. The number of rotatable bonds is 9. The average Bonchev–Trinajstić information content (AvgIpc) is 3.32. The van der Waals surface area contributed by atoms with Crippen LogP contribution in [0.3, 0.4) is 0 Å². The SMILES string of the molecule is C=CCn1c(SCC(=O)N(C)Cc2ccc(OC)c(F)c2)nnc1-c1ccoc1C. The molecule has 0 N–H and O–H groups in total. The highest BCUT2D eigenvalue weighted by molar-refractivity contribution is 7.99. The Morgan fingerprint density at radius 2 is 2.20 bits per heavy atom. The highest BCUT2D eigenvalue weighted by Gasteiger charge is 2.19. The van der Waals surface area contributed by atoms with Crippen LogP contribution in [0.1, 0.15) is 11.3 Å². The van der Waals surface area contributed by atoms with Gasteiger partial charge in [-0.1, -0.05) is 23.9 Å². The van der Waals surface area contributed by atoms with Crippen molar-refractivity contribution in [2.45, 2.75) is 25.2 Å². The van der Waals surface area contributed by atoms with Gasteiger partial charge >= 0.3 is 0 Å². The van der Waals surface area contributed by atoms with E-state index < -0.39 is 5.82 Å². The lowest BCUT2D eigenvalue weighted by Crippen LogP contribution is -2.28. The van der Waals surface area contributed by atoms with Crippen molar-refractivity contribution in [2.24, 2.45) is 0 Å². The molecule has 0 atom stereocenters. The molecule has 0 aliphatic heterocycles. The number of allylic oxidation sites excluding steroid dienone is 1. The Bertz CT molecular complexity index is 1050. The van der Waals surface area contributed by atoms with Crippen LogP contribution in [0.15, 0.2) is 52.8 Å². The summed E-state index contributed by atoms with van der Waals surface area (Å²) < 4.78 is 26.0. The number of halogens is 1. The predicted octanol–water partition coefficient (Wildman–Crippen LogP) is 3.93. The number of hydrogen-bond acceptors (Lipinski definition) is 6. The van der Waals surface area contributed by atoms with Crippen LogP contribution in [0.25, 0.3) is 11.4 Å². The molecule has 9 heteroatoms. The normalized spacial score (nSPS) is 10.8. The number of carbonyl (C=O) groups is 1. The summed E-state index contributed by atoms with van der Waals surface area (Å²) in [6.07, 6.45) is 3.35. The Morgan fingerprint density at radius 1 is 1.40 bits per heavy atom. The number of benzene rings is 1. The minimum atomic E-state index is -0.454. The van der Waals surface area contributed by atoms with Gasteiger partial charge in [-0.2, -0.15) is 0 Å². The molecule has 0 saturated carbocycles. The summed E-state index contributed by atoms with van der Waals surface area (Å²) in [7, 11) is 3.09. The van der Waals surface area contributed by atoms with Crippen LogP contribution in [-0.4, -0.2) is 45.5 Å². The van der Waals surface area contributed by atoms with Crippen molar-refractivity contribution in [3.63, 3.8) is 0 Å². The molecule has 0 radical (unpaired) electrons. The molecule has 1 amide bonds. The van der Waals surface area contributed by atoms with Gasteiger partial charge in [-0.05, 0) is 30.7 Å². The third-order valence-electron chi connectivity index (χ3n) is 4.51. The second kappa shape index (κ2) is 9.62. The lowest BCUT2D eigenvalue weighted by molar-refractivity contribution is -0.127. The summed E-state index contributed by atoms with van der Waals surface area (Å²) >= 11 is 1.29. The molecule has 0 saturated heterocycles. The molecule has 158 valence electrons. The quantitative estimate of drug-likeness (QED) is 0.378. The van der Waals surface area contributed by atoms with Crippen molar-refractivity contribution in [1.29, 1.82) is 0 Å². The Morgan fingerprint density at radius 3 is 2.83 bits per heavy atom. The summed E-state index contributed by atoms with van der Waals surface area (Å²) in [5, 5.41) is 9.10. The molecule has 0 aliphatic carbocycles. The third kappa shape index (κ3) is 4.73. The molecule has 3 rings (SSSR count). The molecule has 0 unspecified atom stereocenters. The second-order valence-electron chi connectivity index (χ2n) is 6.60. The number of amides is 1. The molecule has 0 fully saturated rings. The van der Waals surface area contributed by atoms with E-state index in [-0.39, 0.29) is 17.4 Å². The summed E-state index contributed by atoms with van der Waals surface area (Å²) in [5.41, 5.74) is 1.53. The van der Waals surface area contributed by atoms with Crippen molar-refractivity contribution >= 4 is 17.7 Å². The van der Waals surface area contributed by atoms with Crippen LogP contribution in [0.5, 0.6) is 5.75 Å². The fourth-order valence-electron chi connectivity index (χ4n) is 2.91. The maximum Gasteiger partial charge on any atom is 0.233 e. The van der Waals surface area contributed by atoms with Crippen LogP contribution in [-0.2, 0) is 17.9 Å². The van der Waals surface area contributed by atoms with E-state index in [0.717, 1.165) is 11.3 Å². The summed E-state index contributed by atoms with van der Waals surface area (Å²) in [5.74, 6) is 1.20. The number of ether oxygens (including phenoxy) is 1. The van der Waals surface area contributed by atoms with Gasteiger partial charge in [0.1, 0.15) is 5.76 Å². The number of methoxy groups -OCH3 is 1. The van der Waals surface area contributed by atoms with Crippen LogP contribution in [0.2, 0.25) is 0 Å². The Labute approximate surface area is 178 Å². The molecule has 2 heterocycles. The topological polar surface area (TPSA) is 73.4 Å². The smallest absolute Gasteiger partial charge is 0.233 e. The number of aromatic nitrogens is 3. The zero-order valence-electron chi connectivity index (χ0n) is 17.1. The van der Waals surface area contributed by atoms with Crippen molar-refractivity contribution in [1.82, 2.24) is 19.7 Å². The summed E-state index contributed by atoms with van der Waals surface area (Å²) in [4.78, 5) is 14.1. The van der Waals surface area contributed by atoms with Crippen LogP contribution >= 0.6 is 11.8 Å². The molecule has 0 bridgehead atoms. The first-order valence-electron chi connectivity index (χ1n) is 9.22. The first-order chi connectivity index (χ1) is 14.4. The van der Waals surface area contributed by atoms with Crippen LogP contribution in [0.4, 0.5) is 4.39 Å². The monoisotopic (exact) mass is 430 g/mol. The molecule has 2 aromatic heterocycles. The van der Waals surface area contributed by atoms with Gasteiger partial charge in [0.2, 0.25) is 5.91 Å². The van der Waals surface area contributed by atoms with Gasteiger partial charge in [0.15, 0.2) is 22.5 Å². The number of hydrogen-bond donors (Lipinski definition) is 0. The molecule has 7 nitrogen and oxygen atoms in total. The van der Waals surface area contributed by atoms with E-state index in [4.69, 9.17) is 9.15 Å². The molecular weight excluding hydrogens is 407 g/mol. The van der Waals surface area contributed by atoms with Crippen LogP contribution in [0, 0.1) is 12.7 Å². The van der Waals surface area contributed by atoms with Gasteiger partial charge in [0.05, 0.1) is 24.7 Å². The van der Waals surface area contributed by atoms with E-state index in [1.165, 1.54) is 24.9 Å². The maximum absolute atomic E-state index is 13.9. The zero-order chi connectivity index (χ0) is 21.7. The summed E-state index contributed by atoms with van der Waals surface area (Å²) in [6.45, 7) is 6.44. The number of aryl methyl sites for hydroxylation is 1. The molecular formula is C21H23FN4O3S. The van der Waals surface area contributed by atoms with Crippen molar-refractivity contribution in [2.75, 3.05) is 19.9 Å². The first kappa shape index (κ1) is 21.6. The lowest BCUT2D eigenvalue weighted by atomic mass is 10.2. The van der Waals surface area contributed by atoms with Gasteiger partial charge in [0, 0.05) is 20.1 Å². The molecule has 0 spiro atoms. The third-order valence-corrected chi connectivity index (χ3v) is 5.47. The van der Waals surface area contributed by atoms with Crippen LogP contribution < -0.4 is 4.74 Å². The average molecular weight is 431 g/mol. The number of furan rings is 1. The molecule has 3 aromatic rings. The first-order valence-corrected chi connectivity index (χ1v) is 10.2. The minimum absolute atomic E-state index is 0.106. The van der Waals surface area contributed by atoms with E-state index >= 15 is 0 Å². The van der Waals surface area contributed by atoms with E-state index in [1.54, 1.807) is 36.4 Å². The molecule has 30 heavy (non-hydrogen) atoms. The van der Waals surface area contributed by atoms with E-state index in [0.29, 0.717) is 29.6 Å². The number of carbonyl (C=O) groups excluding carboxylic acids is 1. The Hall–Kier alpha value is -3.07. The molecule has 1 aromatic carbocycles. The molecule has 0 aliphatic rings. The van der Waals surface area contributed by atoms with Crippen molar-refractivity contribution in [3.05, 3.63) is 60.3 Å². The Balaban J connectivity index is 1.66. The highest BCUT2D eigenvalue weighted by Crippen LogP contribution is 2.27. The zero-order valence-corrected chi connectivity index (χ0v) is 17.9. The number of thioether (sulfide) groups is 1. The second-order valence-corrected chi connectivity index (χ2v) is 7.55. The van der Waals surface area contributed by atoms with Crippen molar-refractivity contribution < 1.29 is 18.3 Å². The van der Waals surface area contributed by atoms with E-state index in [2.05, 4.69) is 16.8 Å². The fourth-order valence-corrected chi connectivity index (χ4v) is 3.80. The maximum atomic E-state index is 13.9. The van der Waals surface area contributed by atoms with Crippen molar-refractivity contribution in [3.8, 4) is 17.1 Å². The summed E-state index contributed by atoms with van der Waals surface area (Å²) in [6, 6.07) is 6.49. The van der Waals surface area contributed by atoms with Gasteiger partial charge in [-0.15, -0.1) is 16.8 Å². The fraction of sp³-hybridized carbons (Fsp3) is 0.286. The van der Waals surface area contributed by atoms with E-state index in [9.17, 15) is 9.18 Å². The van der Waals surface area contributed by atoms with Gasteiger partial charge in [0.25, 0.3) is 0 Å². The Kier molecular flexibility index (Phi) is 6.94. The largest absolute Gasteiger partial charge is 0.494 e.